The third kappa shape index (κ3) is 7.26. The molecule has 1 aliphatic rings. The van der Waals surface area contributed by atoms with Crippen LogP contribution in [0.4, 0.5) is 14.9 Å². The Morgan fingerprint density at radius 3 is 2.36 bits per heavy atom. The standard InChI is InChI=1S/C34H39FN6O4/c1-22(27-20-36-28-8-6-5-7-26(27)28)31(32(42)37-29-19-23(21-39(2)3)9-14-30(29)45-4)38-34(44)41-17-15-40(16-18-41)33(43)24-10-12-25(35)13-11-24/h5-14,19-20,22,31,36H,15-18,21H2,1-4H3,(H,37,42)(H,38,44). The summed E-state index contributed by atoms with van der Waals surface area (Å²) < 4.78 is 18.9. The number of nitrogens with one attached hydrogen (secondary N) is 3. The normalized spacial score (nSPS) is 14.7. The molecule has 1 aromatic heterocycles. The molecular weight excluding hydrogens is 575 g/mol. The van der Waals surface area contributed by atoms with Crippen LogP contribution in [-0.4, -0.2) is 91.0 Å². The van der Waals surface area contributed by atoms with E-state index < -0.39 is 23.8 Å². The second-order valence-electron chi connectivity index (χ2n) is 11.6. The number of benzene rings is 3. The molecule has 1 fully saturated rings. The molecule has 2 unspecified atom stereocenters. The lowest BCUT2D eigenvalue weighted by atomic mass is 9.92. The molecule has 45 heavy (non-hydrogen) atoms. The molecule has 1 saturated heterocycles. The van der Waals surface area contributed by atoms with Crippen molar-refractivity contribution in [2.24, 2.45) is 0 Å². The lowest BCUT2D eigenvalue weighted by Crippen LogP contribution is -2.57. The Morgan fingerprint density at radius 2 is 1.67 bits per heavy atom. The lowest BCUT2D eigenvalue weighted by Gasteiger charge is -2.36. The summed E-state index contributed by atoms with van der Waals surface area (Å²) in [6.45, 7) is 3.79. The summed E-state index contributed by atoms with van der Waals surface area (Å²) >= 11 is 0. The van der Waals surface area contributed by atoms with Gasteiger partial charge < -0.3 is 35.1 Å². The first-order valence-electron chi connectivity index (χ1n) is 14.9. The highest BCUT2D eigenvalue weighted by Crippen LogP contribution is 2.30. The molecule has 5 rings (SSSR count). The van der Waals surface area contributed by atoms with Crippen molar-refractivity contribution in [2.45, 2.75) is 25.4 Å². The predicted molar refractivity (Wildman–Crippen MR) is 172 cm³/mol. The van der Waals surface area contributed by atoms with Gasteiger partial charge in [0.15, 0.2) is 0 Å². The van der Waals surface area contributed by atoms with Gasteiger partial charge >= 0.3 is 6.03 Å². The maximum Gasteiger partial charge on any atom is 0.318 e. The van der Waals surface area contributed by atoms with Gasteiger partial charge in [0.25, 0.3) is 5.91 Å². The summed E-state index contributed by atoms with van der Waals surface area (Å²) in [5, 5.41) is 6.97. The van der Waals surface area contributed by atoms with E-state index in [1.165, 1.54) is 24.3 Å². The highest BCUT2D eigenvalue weighted by molar-refractivity contribution is 5.99. The number of piperazine rings is 1. The van der Waals surface area contributed by atoms with Crippen LogP contribution in [0.25, 0.3) is 10.9 Å². The van der Waals surface area contributed by atoms with Gasteiger partial charge in [0, 0.05) is 61.3 Å². The van der Waals surface area contributed by atoms with E-state index >= 15 is 0 Å². The monoisotopic (exact) mass is 614 g/mol. The molecule has 236 valence electrons. The maximum atomic E-state index is 14.0. The van der Waals surface area contributed by atoms with Crippen molar-refractivity contribution in [3.63, 3.8) is 0 Å². The Balaban J connectivity index is 1.35. The Bertz CT molecular complexity index is 1660. The summed E-state index contributed by atoms with van der Waals surface area (Å²) in [4.78, 5) is 49.1. The zero-order valence-electron chi connectivity index (χ0n) is 26.0. The number of H-pyrrole nitrogens is 1. The van der Waals surface area contributed by atoms with Crippen molar-refractivity contribution in [1.29, 1.82) is 0 Å². The number of amides is 4. The van der Waals surface area contributed by atoms with Gasteiger partial charge in [-0.3, -0.25) is 9.59 Å². The number of hydrogen-bond acceptors (Lipinski definition) is 5. The molecule has 0 spiro atoms. The number of hydrogen-bond donors (Lipinski definition) is 3. The number of anilines is 1. The lowest BCUT2D eigenvalue weighted by molar-refractivity contribution is -0.118. The van der Waals surface area contributed by atoms with Gasteiger partial charge in [-0.25, -0.2) is 9.18 Å². The first kappa shape index (κ1) is 31.5. The van der Waals surface area contributed by atoms with Crippen molar-refractivity contribution in [1.82, 2.24) is 25.0 Å². The Labute approximate surface area is 262 Å². The van der Waals surface area contributed by atoms with Crippen LogP contribution < -0.4 is 15.4 Å². The molecule has 10 nitrogen and oxygen atoms in total. The summed E-state index contributed by atoms with van der Waals surface area (Å²) in [6, 6.07) is 17.6. The average Bonchev–Trinajstić information content (AvgIpc) is 3.47. The fraction of sp³-hybridized carbons (Fsp3) is 0.324. The molecule has 0 aliphatic carbocycles. The van der Waals surface area contributed by atoms with Crippen LogP contribution >= 0.6 is 0 Å². The van der Waals surface area contributed by atoms with Crippen LogP contribution in [0.1, 0.15) is 34.3 Å². The van der Waals surface area contributed by atoms with Gasteiger partial charge in [-0.1, -0.05) is 31.2 Å². The van der Waals surface area contributed by atoms with Gasteiger partial charge in [-0.05, 0) is 67.7 Å². The van der Waals surface area contributed by atoms with E-state index in [4.69, 9.17) is 4.74 Å². The second kappa shape index (κ2) is 13.8. The van der Waals surface area contributed by atoms with Crippen molar-refractivity contribution in [2.75, 3.05) is 52.7 Å². The van der Waals surface area contributed by atoms with E-state index in [-0.39, 0.29) is 24.9 Å². The molecule has 2 heterocycles. The van der Waals surface area contributed by atoms with Crippen molar-refractivity contribution in [3.8, 4) is 5.75 Å². The quantitative estimate of drug-likeness (QED) is 0.254. The fourth-order valence-corrected chi connectivity index (χ4v) is 5.71. The minimum atomic E-state index is -0.933. The highest BCUT2D eigenvalue weighted by atomic mass is 19.1. The number of nitrogens with zero attached hydrogens (tertiary/aromatic N) is 3. The third-order valence-electron chi connectivity index (χ3n) is 8.14. The van der Waals surface area contributed by atoms with Crippen LogP contribution in [0, 0.1) is 5.82 Å². The number of halogens is 1. The maximum absolute atomic E-state index is 14.0. The van der Waals surface area contributed by atoms with Crippen molar-refractivity contribution in [3.05, 3.63) is 95.4 Å². The molecule has 3 aromatic carbocycles. The van der Waals surface area contributed by atoms with Gasteiger partial charge in [-0.2, -0.15) is 0 Å². The SMILES string of the molecule is COc1ccc(CN(C)C)cc1NC(=O)C(NC(=O)N1CCN(C(=O)c2ccc(F)cc2)CC1)C(C)c1c[nH]c2ccccc12. The number of carbonyl (C=O) groups is 3. The van der Waals surface area contributed by atoms with Crippen LogP contribution in [0.3, 0.4) is 0 Å². The molecular formula is C34H39FN6O4. The molecule has 4 aromatic rings. The predicted octanol–water partition coefficient (Wildman–Crippen LogP) is 4.66. The number of aromatic amines is 1. The number of aromatic nitrogens is 1. The van der Waals surface area contributed by atoms with Crippen LogP contribution in [0.2, 0.25) is 0 Å². The molecule has 3 N–H and O–H groups in total. The molecule has 1 aliphatic heterocycles. The van der Waals surface area contributed by atoms with E-state index in [2.05, 4.69) is 15.6 Å². The molecule has 11 heteroatoms. The molecule has 0 radical (unpaired) electrons. The van der Waals surface area contributed by atoms with Crippen LogP contribution in [-0.2, 0) is 11.3 Å². The summed E-state index contributed by atoms with van der Waals surface area (Å²) in [7, 11) is 5.48. The number of para-hydroxylation sites is 1. The number of ether oxygens (including phenoxy) is 1. The number of fused-ring (bicyclic) bond motifs is 1. The first-order valence-corrected chi connectivity index (χ1v) is 14.9. The number of methoxy groups -OCH3 is 1. The zero-order valence-corrected chi connectivity index (χ0v) is 26.0. The van der Waals surface area contributed by atoms with Gasteiger partial charge in [0.1, 0.15) is 17.6 Å². The molecule has 0 saturated carbocycles. The van der Waals surface area contributed by atoms with E-state index in [0.29, 0.717) is 36.6 Å². The molecule has 2 atom stereocenters. The number of carbonyl (C=O) groups excluding carboxylic acids is 3. The smallest absolute Gasteiger partial charge is 0.318 e. The summed E-state index contributed by atoms with van der Waals surface area (Å²) in [5.41, 5.74) is 3.73. The van der Waals surface area contributed by atoms with E-state index in [1.807, 2.05) is 74.6 Å². The number of urea groups is 1. The van der Waals surface area contributed by atoms with Crippen LogP contribution in [0.5, 0.6) is 5.75 Å². The highest BCUT2D eigenvalue weighted by Gasteiger charge is 2.33. The summed E-state index contributed by atoms with van der Waals surface area (Å²) in [6.07, 6.45) is 1.87. The second-order valence-corrected chi connectivity index (χ2v) is 11.6. The van der Waals surface area contributed by atoms with Gasteiger partial charge in [0.05, 0.1) is 12.8 Å². The van der Waals surface area contributed by atoms with Gasteiger partial charge in [0.2, 0.25) is 5.91 Å². The topological polar surface area (TPSA) is 110 Å². The summed E-state index contributed by atoms with van der Waals surface area (Å²) in [5.74, 6) is -0.898. The Morgan fingerprint density at radius 1 is 0.978 bits per heavy atom. The minimum Gasteiger partial charge on any atom is -0.495 e. The Hall–Kier alpha value is -4.90. The Kier molecular flexibility index (Phi) is 9.68. The van der Waals surface area contributed by atoms with Crippen molar-refractivity contribution >= 4 is 34.4 Å². The minimum absolute atomic E-state index is 0.217. The van der Waals surface area contributed by atoms with E-state index in [9.17, 15) is 18.8 Å². The largest absolute Gasteiger partial charge is 0.495 e. The fourth-order valence-electron chi connectivity index (χ4n) is 5.71. The van der Waals surface area contributed by atoms with E-state index in [1.54, 1.807) is 16.9 Å². The molecule has 4 amide bonds. The zero-order chi connectivity index (χ0) is 32.1. The van der Waals surface area contributed by atoms with Gasteiger partial charge in [-0.15, -0.1) is 0 Å². The molecule has 0 bridgehead atoms. The average molecular weight is 615 g/mol. The number of rotatable bonds is 9. The van der Waals surface area contributed by atoms with Crippen molar-refractivity contribution < 1.29 is 23.5 Å². The van der Waals surface area contributed by atoms with E-state index in [0.717, 1.165) is 22.0 Å². The first-order chi connectivity index (χ1) is 21.6. The third-order valence-corrected chi connectivity index (χ3v) is 8.14. The van der Waals surface area contributed by atoms with Crippen LogP contribution in [0.15, 0.2) is 72.9 Å².